The van der Waals surface area contributed by atoms with Crippen LogP contribution in [0.15, 0.2) is 53.4 Å². The minimum Gasteiger partial charge on any atom is -0.350 e. The Balaban J connectivity index is 1.62. The lowest BCUT2D eigenvalue weighted by Crippen LogP contribution is -2.42. The van der Waals surface area contributed by atoms with Gasteiger partial charge in [-0.25, -0.2) is 8.42 Å². The number of nitrogens with zero attached hydrogens (tertiary/aromatic N) is 1. The molecule has 2 aromatic rings. The van der Waals surface area contributed by atoms with Gasteiger partial charge in [0.25, 0.3) is 15.9 Å². The first-order chi connectivity index (χ1) is 13.9. The summed E-state index contributed by atoms with van der Waals surface area (Å²) in [5, 5.41) is 2.99. The number of anilines is 1. The van der Waals surface area contributed by atoms with Crippen molar-refractivity contribution in [2.45, 2.75) is 44.0 Å². The standard InChI is InChI=1S/C22H29N3O3S/c1-3-19(25-14-6-7-15-25)16-23-22(26)18-10-12-20(13-11-18)29(27,28)24-21-9-5-4-8-17(21)2/h4-5,8-13,19,24H,3,6-7,14-16H2,1-2H3,(H,23,26). The molecule has 1 saturated heterocycles. The van der Waals surface area contributed by atoms with E-state index in [4.69, 9.17) is 0 Å². The maximum Gasteiger partial charge on any atom is 0.261 e. The molecule has 1 aliphatic rings. The maximum atomic E-state index is 12.6. The minimum atomic E-state index is -3.71. The van der Waals surface area contributed by atoms with E-state index in [9.17, 15) is 13.2 Å². The molecule has 1 atom stereocenters. The molecule has 156 valence electrons. The highest BCUT2D eigenvalue weighted by molar-refractivity contribution is 7.92. The number of hydrogen-bond donors (Lipinski definition) is 2. The van der Waals surface area contributed by atoms with Gasteiger partial charge in [-0.15, -0.1) is 0 Å². The molecule has 0 saturated carbocycles. The van der Waals surface area contributed by atoms with Crippen LogP contribution in [-0.2, 0) is 10.0 Å². The third kappa shape index (κ3) is 5.36. The van der Waals surface area contributed by atoms with E-state index in [-0.39, 0.29) is 10.8 Å². The SMILES string of the molecule is CCC(CNC(=O)c1ccc(S(=O)(=O)Nc2ccccc2C)cc1)N1CCCC1. The van der Waals surface area contributed by atoms with Gasteiger partial charge in [-0.05, 0) is 75.2 Å². The second kappa shape index (κ2) is 9.41. The van der Waals surface area contributed by atoms with Crippen molar-refractivity contribution in [3.05, 3.63) is 59.7 Å². The number of carbonyl (C=O) groups excluding carboxylic acids is 1. The van der Waals surface area contributed by atoms with Crippen LogP contribution in [0.3, 0.4) is 0 Å². The van der Waals surface area contributed by atoms with Crippen molar-refractivity contribution in [2.75, 3.05) is 24.4 Å². The number of para-hydroxylation sites is 1. The molecule has 3 rings (SSSR count). The van der Waals surface area contributed by atoms with E-state index in [0.717, 1.165) is 25.1 Å². The summed E-state index contributed by atoms with van der Waals surface area (Å²) in [6.07, 6.45) is 3.43. The summed E-state index contributed by atoms with van der Waals surface area (Å²) < 4.78 is 27.8. The molecule has 0 bridgehead atoms. The highest BCUT2D eigenvalue weighted by atomic mass is 32.2. The van der Waals surface area contributed by atoms with Gasteiger partial charge in [0.15, 0.2) is 0 Å². The average molecular weight is 416 g/mol. The van der Waals surface area contributed by atoms with Gasteiger partial charge in [0, 0.05) is 18.2 Å². The van der Waals surface area contributed by atoms with Crippen molar-refractivity contribution >= 4 is 21.6 Å². The third-order valence-electron chi connectivity index (χ3n) is 5.44. The molecule has 1 amide bonds. The maximum absolute atomic E-state index is 12.6. The highest BCUT2D eigenvalue weighted by Crippen LogP contribution is 2.20. The molecule has 0 aliphatic carbocycles. The molecule has 2 N–H and O–H groups in total. The number of amides is 1. The molecule has 6 nitrogen and oxygen atoms in total. The first-order valence-corrected chi connectivity index (χ1v) is 11.6. The number of nitrogens with one attached hydrogen (secondary N) is 2. The molecule has 1 unspecified atom stereocenters. The van der Waals surface area contributed by atoms with E-state index in [2.05, 4.69) is 21.9 Å². The van der Waals surface area contributed by atoms with Crippen LogP contribution in [0.2, 0.25) is 0 Å². The monoisotopic (exact) mass is 415 g/mol. The Bertz CT molecular complexity index is 936. The van der Waals surface area contributed by atoms with Gasteiger partial charge >= 0.3 is 0 Å². The molecule has 0 radical (unpaired) electrons. The topological polar surface area (TPSA) is 78.5 Å². The lowest BCUT2D eigenvalue weighted by molar-refractivity contribution is 0.0937. The van der Waals surface area contributed by atoms with Crippen molar-refractivity contribution in [2.24, 2.45) is 0 Å². The normalized spacial score (nSPS) is 15.8. The predicted molar refractivity (Wildman–Crippen MR) is 116 cm³/mol. The summed E-state index contributed by atoms with van der Waals surface area (Å²) in [7, 11) is -3.71. The Labute approximate surface area is 173 Å². The Morgan fingerprint density at radius 2 is 1.72 bits per heavy atom. The van der Waals surface area contributed by atoms with Crippen LogP contribution in [0.25, 0.3) is 0 Å². The summed E-state index contributed by atoms with van der Waals surface area (Å²) in [6, 6.07) is 13.6. The van der Waals surface area contributed by atoms with Crippen LogP contribution in [0, 0.1) is 6.92 Å². The van der Waals surface area contributed by atoms with E-state index < -0.39 is 10.0 Å². The Morgan fingerprint density at radius 3 is 2.34 bits per heavy atom. The van der Waals surface area contributed by atoms with Crippen LogP contribution in [0.5, 0.6) is 0 Å². The highest BCUT2D eigenvalue weighted by Gasteiger charge is 2.21. The Morgan fingerprint density at radius 1 is 1.07 bits per heavy atom. The fourth-order valence-electron chi connectivity index (χ4n) is 3.63. The summed E-state index contributed by atoms with van der Waals surface area (Å²) in [4.78, 5) is 15.0. The summed E-state index contributed by atoms with van der Waals surface area (Å²) in [6.45, 7) is 6.76. The van der Waals surface area contributed by atoms with Crippen molar-refractivity contribution < 1.29 is 13.2 Å². The molecule has 1 aliphatic heterocycles. The van der Waals surface area contributed by atoms with Crippen molar-refractivity contribution in [1.29, 1.82) is 0 Å². The lowest BCUT2D eigenvalue weighted by Gasteiger charge is -2.26. The van der Waals surface area contributed by atoms with Crippen LogP contribution < -0.4 is 10.0 Å². The molecule has 2 aromatic carbocycles. The summed E-state index contributed by atoms with van der Waals surface area (Å²) in [5.74, 6) is -0.182. The van der Waals surface area contributed by atoms with Crippen molar-refractivity contribution in [3.8, 4) is 0 Å². The average Bonchev–Trinajstić information content (AvgIpc) is 3.25. The van der Waals surface area contributed by atoms with Gasteiger partial charge in [-0.1, -0.05) is 25.1 Å². The second-order valence-electron chi connectivity index (χ2n) is 7.46. The van der Waals surface area contributed by atoms with Crippen LogP contribution in [0.4, 0.5) is 5.69 Å². The number of aryl methyl sites for hydroxylation is 1. The van der Waals surface area contributed by atoms with Crippen LogP contribution >= 0.6 is 0 Å². The summed E-state index contributed by atoms with van der Waals surface area (Å²) in [5.41, 5.74) is 1.84. The Hall–Kier alpha value is -2.38. The predicted octanol–water partition coefficient (Wildman–Crippen LogP) is 3.40. The number of benzene rings is 2. The fraction of sp³-hybridized carbons (Fsp3) is 0.409. The van der Waals surface area contributed by atoms with E-state index in [0.29, 0.717) is 23.8 Å². The van der Waals surface area contributed by atoms with E-state index >= 15 is 0 Å². The lowest BCUT2D eigenvalue weighted by atomic mass is 10.1. The molecule has 1 heterocycles. The number of hydrogen-bond acceptors (Lipinski definition) is 4. The molecule has 7 heteroatoms. The third-order valence-corrected chi connectivity index (χ3v) is 6.82. The van der Waals surface area contributed by atoms with E-state index in [1.807, 2.05) is 19.1 Å². The molecule has 29 heavy (non-hydrogen) atoms. The molecular formula is C22H29N3O3S. The van der Waals surface area contributed by atoms with Crippen LogP contribution in [-0.4, -0.2) is 44.9 Å². The molecule has 0 spiro atoms. The van der Waals surface area contributed by atoms with Crippen LogP contribution in [0.1, 0.15) is 42.1 Å². The molecule has 1 fully saturated rings. The zero-order valence-electron chi connectivity index (χ0n) is 17.0. The van der Waals surface area contributed by atoms with E-state index in [1.165, 1.54) is 25.0 Å². The zero-order chi connectivity index (χ0) is 20.9. The van der Waals surface area contributed by atoms with Crippen molar-refractivity contribution in [1.82, 2.24) is 10.2 Å². The molecule has 0 aromatic heterocycles. The number of sulfonamides is 1. The van der Waals surface area contributed by atoms with Gasteiger partial charge in [0.1, 0.15) is 0 Å². The minimum absolute atomic E-state index is 0.126. The second-order valence-corrected chi connectivity index (χ2v) is 9.14. The fourth-order valence-corrected chi connectivity index (χ4v) is 4.76. The van der Waals surface area contributed by atoms with Gasteiger partial charge < -0.3 is 5.32 Å². The number of likely N-dealkylation sites (tertiary alicyclic amines) is 1. The molecular weight excluding hydrogens is 386 g/mol. The van der Waals surface area contributed by atoms with Gasteiger partial charge in [-0.2, -0.15) is 0 Å². The first-order valence-electron chi connectivity index (χ1n) is 10.1. The smallest absolute Gasteiger partial charge is 0.261 e. The van der Waals surface area contributed by atoms with Gasteiger partial charge in [-0.3, -0.25) is 14.4 Å². The first kappa shape index (κ1) is 21.3. The van der Waals surface area contributed by atoms with E-state index in [1.54, 1.807) is 24.3 Å². The van der Waals surface area contributed by atoms with Gasteiger partial charge in [0.2, 0.25) is 0 Å². The van der Waals surface area contributed by atoms with Crippen molar-refractivity contribution in [3.63, 3.8) is 0 Å². The quantitative estimate of drug-likeness (QED) is 0.693. The largest absolute Gasteiger partial charge is 0.350 e. The van der Waals surface area contributed by atoms with Gasteiger partial charge in [0.05, 0.1) is 10.6 Å². The summed E-state index contributed by atoms with van der Waals surface area (Å²) >= 11 is 0. The zero-order valence-corrected chi connectivity index (χ0v) is 17.8. The Kier molecular flexibility index (Phi) is 6.92. The number of rotatable bonds is 8. The number of carbonyl (C=O) groups is 1.